The van der Waals surface area contributed by atoms with Crippen molar-refractivity contribution in [2.24, 2.45) is 5.10 Å². The van der Waals surface area contributed by atoms with Crippen molar-refractivity contribution in [2.45, 2.75) is 6.92 Å². The van der Waals surface area contributed by atoms with Crippen LogP contribution in [-0.2, 0) is 9.53 Å². The Morgan fingerprint density at radius 3 is 2.71 bits per heavy atom. The van der Waals surface area contributed by atoms with Gasteiger partial charge >= 0.3 is 11.7 Å². The van der Waals surface area contributed by atoms with Crippen LogP contribution in [0.3, 0.4) is 0 Å². The van der Waals surface area contributed by atoms with Crippen molar-refractivity contribution in [3.8, 4) is 5.75 Å². The van der Waals surface area contributed by atoms with Crippen LogP contribution < -0.4 is 10.3 Å². The van der Waals surface area contributed by atoms with E-state index in [-0.39, 0.29) is 17.0 Å². The fourth-order valence-corrected chi connectivity index (χ4v) is 3.52. The number of hydrogen-bond acceptors (Lipinski definition) is 8. The summed E-state index contributed by atoms with van der Waals surface area (Å²) in [6.07, 6.45) is 1.23. The standard InChI is InChI=1S/C19H14Br2N4O6/c1-10-23-15-4-3-12(20)6-14(15)19(27)24(10)22-8-11-5-13(21)7-16(25(28)29)18(11)31-9-17(26)30-2/h3-8H,9H2,1-2H3. The zero-order chi connectivity index (χ0) is 22.7. The number of aryl methyl sites for hydroxylation is 1. The first-order chi connectivity index (χ1) is 14.7. The van der Waals surface area contributed by atoms with Gasteiger partial charge in [-0.3, -0.25) is 14.9 Å². The van der Waals surface area contributed by atoms with Crippen molar-refractivity contribution in [1.82, 2.24) is 9.66 Å². The molecule has 0 amide bonds. The molecule has 0 radical (unpaired) electrons. The molecular weight excluding hydrogens is 540 g/mol. The maximum Gasteiger partial charge on any atom is 0.343 e. The molecule has 0 fully saturated rings. The summed E-state index contributed by atoms with van der Waals surface area (Å²) in [6, 6.07) is 7.85. The predicted octanol–water partition coefficient (Wildman–Crippen LogP) is 3.57. The van der Waals surface area contributed by atoms with Crippen molar-refractivity contribution in [2.75, 3.05) is 13.7 Å². The minimum absolute atomic E-state index is 0.172. The fourth-order valence-electron chi connectivity index (χ4n) is 2.69. The van der Waals surface area contributed by atoms with Crippen LogP contribution in [0.5, 0.6) is 5.75 Å². The van der Waals surface area contributed by atoms with Crippen molar-refractivity contribution in [1.29, 1.82) is 0 Å². The van der Waals surface area contributed by atoms with Gasteiger partial charge in [-0.2, -0.15) is 9.78 Å². The summed E-state index contributed by atoms with van der Waals surface area (Å²) in [7, 11) is 1.17. The Balaban J connectivity index is 2.12. The van der Waals surface area contributed by atoms with Crippen LogP contribution in [0, 0.1) is 17.0 Å². The number of ether oxygens (including phenoxy) is 2. The lowest BCUT2D eigenvalue weighted by molar-refractivity contribution is -0.385. The molecule has 0 spiro atoms. The number of methoxy groups -OCH3 is 1. The van der Waals surface area contributed by atoms with E-state index in [2.05, 4.69) is 46.7 Å². The lowest BCUT2D eigenvalue weighted by atomic mass is 10.2. The second kappa shape index (κ2) is 9.35. The summed E-state index contributed by atoms with van der Waals surface area (Å²) < 4.78 is 12.0. The van der Waals surface area contributed by atoms with E-state index in [1.165, 1.54) is 25.5 Å². The second-order valence-corrected chi connectivity index (χ2v) is 7.98. The molecule has 3 rings (SSSR count). The number of nitrogens with zero attached hydrogens (tertiary/aromatic N) is 4. The topological polar surface area (TPSA) is 126 Å². The van der Waals surface area contributed by atoms with Crippen LogP contribution in [0.4, 0.5) is 5.69 Å². The normalized spacial score (nSPS) is 11.1. The van der Waals surface area contributed by atoms with E-state index in [1.807, 2.05) is 0 Å². The Morgan fingerprint density at radius 2 is 2.03 bits per heavy atom. The molecule has 1 aromatic heterocycles. The smallest absolute Gasteiger partial charge is 0.343 e. The van der Waals surface area contributed by atoms with Gasteiger partial charge in [-0.15, -0.1) is 0 Å². The summed E-state index contributed by atoms with van der Waals surface area (Å²) >= 11 is 6.53. The summed E-state index contributed by atoms with van der Waals surface area (Å²) in [5.41, 5.74) is -0.117. The van der Waals surface area contributed by atoms with E-state index >= 15 is 0 Å². The molecule has 0 bridgehead atoms. The molecular formula is C19H14Br2N4O6. The van der Waals surface area contributed by atoms with Crippen LogP contribution >= 0.6 is 31.9 Å². The molecule has 0 aliphatic rings. The first kappa shape index (κ1) is 22.6. The summed E-state index contributed by atoms with van der Waals surface area (Å²) in [4.78, 5) is 39.5. The summed E-state index contributed by atoms with van der Waals surface area (Å²) in [5.74, 6) is -0.585. The fraction of sp³-hybridized carbons (Fsp3) is 0.158. The van der Waals surface area contributed by atoms with E-state index < -0.39 is 23.1 Å². The van der Waals surface area contributed by atoms with Gasteiger partial charge in [0.15, 0.2) is 6.61 Å². The Morgan fingerprint density at radius 1 is 1.29 bits per heavy atom. The highest BCUT2D eigenvalue weighted by Crippen LogP contribution is 2.34. The van der Waals surface area contributed by atoms with E-state index in [9.17, 15) is 19.7 Å². The molecule has 31 heavy (non-hydrogen) atoms. The average molecular weight is 554 g/mol. The van der Waals surface area contributed by atoms with E-state index in [0.717, 1.165) is 4.68 Å². The molecule has 1 heterocycles. The third-order valence-electron chi connectivity index (χ3n) is 4.10. The van der Waals surface area contributed by atoms with Gasteiger partial charge in [0.05, 0.1) is 29.2 Å². The maximum atomic E-state index is 12.9. The maximum absolute atomic E-state index is 12.9. The minimum Gasteiger partial charge on any atom is -0.474 e. The van der Waals surface area contributed by atoms with Gasteiger partial charge in [0, 0.05) is 20.6 Å². The highest BCUT2D eigenvalue weighted by atomic mass is 79.9. The first-order valence-electron chi connectivity index (χ1n) is 8.62. The molecule has 0 aliphatic carbocycles. The number of carbonyl (C=O) groups excluding carboxylic acids is 1. The molecule has 2 aromatic carbocycles. The summed E-state index contributed by atoms with van der Waals surface area (Å²) in [5, 5.41) is 16.0. The van der Waals surface area contributed by atoms with Gasteiger partial charge in [0.1, 0.15) is 5.82 Å². The van der Waals surface area contributed by atoms with E-state index in [1.54, 1.807) is 25.1 Å². The van der Waals surface area contributed by atoms with Crippen LogP contribution in [0.25, 0.3) is 10.9 Å². The molecule has 0 unspecified atom stereocenters. The minimum atomic E-state index is -0.712. The van der Waals surface area contributed by atoms with Crippen LogP contribution in [0.15, 0.2) is 49.2 Å². The molecule has 0 N–H and O–H groups in total. The van der Waals surface area contributed by atoms with Gasteiger partial charge in [-0.1, -0.05) is 31.9 Å². The lowest BCUT2D eigenvalue weighted by Gasteiger charge is -2.10. The average Bonchev–Trinajstić information content (AvgIpc) is 2.72. The Labute approximate surface area is 191 Å². The van der Waals surface area contributed by atoms with Crippen molar-refractivity contribution >= 4 is 60.6 Å². The van der Waals surface area contributed by atoms with Gasteiger partial charge in [0.25, 0.3) is 5.56 Å². The van der Waals surface area contributed by atoms with E-state index in [0.29, 0.717) is 25.7 Å². The predicted molar refractivity (Wildman–Crippen MR) is 120 cm³/mol. The lowest BCUT2D eigenvalue weighted by Crippen LogP contribution is -2.20. The number of benzene rings is 2. The highest BCUT2D eigenvalue weighted by molar-refractivity contribution is 9.10. The van der Waals surface area contributed by atoms with Crippen LogP contribution in [0.2, 0.25) is 0 Å². The number of rotatable bonds is 6. The molecule has 0 saturated heterocycles. The Hall–Kier alpha value is -3.12. The molecule has 0 atom stereocenters. The number of halogens is 2. The third kappa shape index (κ3) is 4.97. The first-order valence-corrected chi connectivity index (χ1v) is 10.2. The third-order valence-corrected chi connectivity index (χ3v) is 5.06. The van der Waals surface area contributed by atoms with Crippen LogP contribution in [0.1, 0.15) is 11.4 Å². The number of carbonyl (C=O) groups is 1. The number of hydrogen-bond donors (Lipinski definition) is 0. The van der Waals surface area contributed by atoms with Gasteiger partial charge in [-0.25, -0.2) is 9.78 Å². The molecule has 3 aromatic rings. The number of nitro groups is 1. The van der Waals surface area contributed by atoms with E-state index in [4.69, 9.17) is 4.74 Å². The molecule has 10 nitrogen and oxygen atoms in total. The Bertz CT molecular complexity index is 1290. The molecule has 0 aliphatic heterocycles. The molecule has 12 heteroatoms. The molecule has 160 valence electrons. The van der Waals surface area contributed by atoms with Crippen molar-refractivity contribution < 1.29 is 19.2 Å². The Kier molecular flexibility index (Phi) is 6.81. The number of nitro benzene ring substituents is 1. The zero-order valence-electron chi connectivity index (χ0n) is 16.2. The van der Waals surface area contributed by atoms with Gasteiger partial charge in [-0.05, 0) is 31.2 Å². The van der Waals surface area contributed by atoms with Gasteiger partial charge in [0.2, 0.25) is 5.75 Å². The quantitative estimate of drug-likeness (QED) is 0.198. The second-order valence-electron chi connectivity index (χ2n) is 6.15. The highest BCUT2D eigenvalue weighted by Gasteiger charge is 2.21. The van der Waals surface area contributed by atoms with Crippen LogP contribution in [-0.4, -0.2) is 40.5 Å². The largest absolute Gasteiger partial charge is 0.474 e. The van der Waals surface area contributed by atoms with Crippen molar-refractivity contribution in [3.05, 3.63) is 71.1 Å². The number of aromatic nitrogens is 2. The number of esters is 1. The van der Waals surface area contributed by atoms with Gasteiger partial charge < -0.3 is 9.47 Å². The number of fused-ring (bicyclic) bond motifs is 1. The zero-order valence-corrected chi connectivity index (χ0v) is 19.3. The van der Waals surface area contributed by atoms with Crippen molar-refractivity contribution in [3.63, 3.8) is 0 Å². The monoisotopic (exact) mass is 552 g/mol. The SMILES string of the molecule is COC(=O)COc1c(C=Nn2c(C)nc3ccc(Br)cc3c2=O)cc(Br)cc1[N+](=O)[O-]. The summed E-state index contributed by atoms with van der Waals surface area (Å²) in [6.45, 7) is 1.07. The molecule has 0 saturated carbocycles.